The summed E-state index contributed by atoms with van der Waals surface area (Å²) in [5, 5.41) is 28.9. The predicted octanol–water partition coefficient (Wildman–Crippen LogP) is -0.795. The number of fused-ring (bicyclic) bond motifs is 1. The molecule has 0 radical (unpaired) electrons. The van der Waals surface area contributed by atoms with E-state index in [2.05, 4.69) is 5.32 Å². The SMILES string of the molecule is C[C@]1(COC(=O)NCC(=O)c2ccc(O)c(O)c2)[C@H](C(=O)O)N2C(=O)C[C@H]2S1(=O)=O. The molecule has 1 aromatic rings. The van der Waals surface area contributed by atoms with E-state index in [-0.39, 0.29) is 12.0 Å². The Kier molecular flexibility index (Phi) is 5.10. The zero-order valence-corrected chi connectivity index (χ0v) is 16.4. The van der Waals surface area contributed by atoms with Gasteiger partial charge in [-0.25, -0.2) is 18.0 Å². The van der Waals surface area contributed by atoms with Crippen molar-refractivity contribution in [1.82, 2.24) is 10.2 Å². The van der Waals surface area contributed by atoms with E-state index in [4.69, 9.17) is 4.74 Å². The third-order valence-electron chi connectivity index (χ3n) is 5.23. The maximum Gasteiger partial charge on any atom is 0.407 e. The highest BCUT2D eigenvalue weighted by molar-refractivity contribution is 7.94. The number of carboxylic acids is 1. The van der Waals surface area contributed by atoms with Crippen LogP contribution in [-0.2, 0) is 24.2 Å². The number of carboxylic acid groups (broad SMARTS) is 1. The minimum Gasteiger partial charge on any atom is -0.504 e. The number of ether oxygens (including phenoxy) is 1. The van der Waals surface area contributed by atoms with E-state index in [0.717, 1.165) is 24.0 Å². The Labute approximate surface area is 170 Å². The smallest absolute Gasteiger partial charge is 0.407 e. The van der Waals surface area contributed by atoms with Crippen LogP contribution >= 0.6 is 0 Å². The number of hydrogen-bond donors (Lipinski definition) is 4. The number of ketones is 1. The summed E-state index contributed by atoms with van der Waals surface area (Å²) in [6, 6.07) is 1.59. The molecule has 2 aliphatic rings. The number of aromatic hydroxyl groups is 2. The normalized spacial score (nSPS) is 26.4. The number of amides is 2. The summed E-state index contributed by atoms with van der Waals surface area (Å²) in [5.74, 6) is -3.75. The number of sulfone groups is 1. The number of benzene rings is 1. The topological polar surface area (TPSA) is 188 Å². The van der Waals surface area contributed by atoms with Crippen molar-refractivity contribution < 1.29 is 47.7 Å². The van der Waals surface area contributed by atoms with E-state index in [1.807, 2.05) is 0 Å². The lowest BCUT2D eigenvalue weighted by molar-refractivity contribution is -0.158. The molecule has 13 heteroatoms. The lowest BCUT2D eigenvalue weighted by Gasteiger charge is -2.35. The van der Waals surface area contributed by atoms with Crippen molar-refractivity contribution in [2.75, 3.05) is 13.2 Å². The van der Waals surface area contributed by atoms with Gasteiger partial charge >= 0.3 is 12.1 Å². The summed E-state index contributed by atoms with van der Waals surface area (Å²) in [6.07, 6.45) is -1.51. The summed E-state index contributed by atoms with van der Waals surface area (Å²) in [6.45, 7) is -0.320. The lowest BCUT2D eigenvalue weighted by Crippen LogP contribution is -2.58. The van der Waals surface area contributed by atoms with Crippen LogP contribution in [0.5, 0.6) is 11.5 Å². The molecule has 12 nitrogen and oxygen atoms in total. The number of β-lactam (4-membered cyclic amide) rings is 1. The van der Waals surface area contributed by atoms with Gasteiger partial charge in [-0.3, -0.25) is 9.59 Å². The molecule has 2 heterocycles. The van der Waals surface area contributed by atoms with E-state index in [0.29, 0.717) is 0 Å². The third kappa shape index (κ3) is 3.20. The quantitative estimate of drug-likeness (QED) is 0.247. The van der Waals surface area contributed by atoms with Crippen LogP contribution in [0.4, 0.5) is 4.79 Å². The van der Waals surface area contributed by atoms with Gasteiger partial charge in [-0.05, 0) is 25.1 Å². The number of aliphatic carboxylic acids is 1. The number of carbonyl (C=O) groups excluding carboxylic acids is 3. The second-order valence-electron chi connectivity index (χ2n) is 7.11. The standard InChI is InChI=1S/C17H18N2O10S/c1-17(14(15(24)25)19-12(23)5-13(19)30(17,27)28)7-29-16(26)18-6-11(22)8-2-3-9(20)10(21)4-8/h2-4,13-14,20-21H,5-7H2,1H3,(H,18,26)(H,24,25)/t13-,14+,17+/m1/s1. The van der Waals surface area contributed by atoms with Gasteiger partial charge in [-0.15, -0.1) is 0 Å². The molecule has 0 saturated carbocycles. The van der Waals surface area contributed by atoms with E-state index in [1.54, 1.807) is 0 Å². The van der Waals surface area contributed by atoms with Crippen LogP contribution in [0, 0.1) is 0 Å². The molecule has 30 heavy (non-hydrogen) atoms. The number of rotatable bonds is 6. The molecular formula is C17H18N2O10S. The van der Waals surface area contributed by atoms with Gasteiger partial charge in [0.2, 0.25) is 5.91 Å². The molecule has 0 unspecified atom stereocenters. The van der Waals surface area contributed by atoms with Crippen LogP contribution in [0.2, 0.25) is 0 Å². The van der Waals surface area contributed by atoms with Crippen molar-refractivity contribution >= 4 is 33.6 Å². The second-order valence-corrected chi connectivity index (χ2v) is 9.68. The van der Waals surface area contributed by atoms with E-state index < -0.39 is 74.4 Å². The van der Waals surface area contributed by atoms with Crippen LogP contribution in [-0.4, -0.2) is 81.7 Å². The zero-order valence-electron chi connectivity index (χ0n) is 15.6. The summed E-state index contributed by atoms with van der Waals surface area (Å²) < 4.78 is 28.2. The Morgan fingerprint density at radius 1 is 1.27 bits per heavy atom. The van der Waals surface area contributed by atoms with Gasteiger partial charge in [0.25, 0.3) is 0 Å². The number of nitrogens with zero attached hydrogens (tertiary/aromatic N) is 1. The molecule has 162 valence electrons. The monoisotopic (exact) mass is 442 g/mol. The van der Waals surface area contributed by atoms with Crippen molar-refractivity contribution in [3.05, 3.63) is 23.8 Å². The Morgan fingerprint density at radius 3 is 2.50 bits per heavy atom. The van der Waals surface area contributed by atoms with Gasteiger partial charge in [0.05, 0.1) is 13.0 Å². The molecule has 1 aromatic carbocycles. The number of Topliss-reactive ketones (excluding diaryl/α,β-unsaturated/α-hetero) is 1. The molecule has 0 aromatic heterocycles. The Morgan fingerprint density at radius 2 is 1.93 bits per heavy atom. The fraction of sp³-hybridized carbons (Fsp3) is 0.412. The van der Waals surface area contributed by atoms with Gasteiger partial charge in [0.1, 0.15) is 16.7 Å². The third-order valence-corrected chi connectivity index (χ3v) is 7.98. The van der Waals surface area contributed by atoms with Gasteiger partial charge < -0.3 is 30.3 Å². The molecule has 3 atom stereocenters. The van der Waals surface area contributed by atoms with Crippen molar-refractivity contribution in [1.29, 1.82) is 0 Å². The van der Waals surface area contributed by atoms with E-state index >= 15 is 0 Å². The molecule has 0 bridgehead atoms. The molecule has 2 saturated heterocycles. The molecule has 0 spiro atoms. The second kappa shape index (κ2) is 7.16. The first-order chi connectivity index (χ1) is 13.9. The van der Waals surface area contributed by atoms with Crippen molar-refractivity contribution in [3.8, 4) is 11.5 Å². The van der Waals surface area contributed by atoms with E-state index in [1.165, 1.54) is 6.07 Å². The van der Waals surface area contributed by atoms with Crippen molar-refractivity contribution in [3.63, 3.8) is 0 Å². The number of carbonyl (C=O) groups is 4. The number of alkyl carbamates (subject to hydrolysis) is 1. The first kappa shape index (κ1) is 21.4. The molecule has 3 rings (SSSR count). The maximum atomic E-state index is 12.7. The highest BCUT2D eigenvalue weighted by atomic mass is 32.2. The maximum absolute atomic E-state index is 12.7. The zero-order chi connectivity index (χ0) is 22.4. The Bertz CT molecular complexity index is 1050. The summed E-state index contributed by atoms with van der Waals surface area (Å²) in [7, 11) is -4.13. The minimum atomic E-state index is -4.13. The molecule has 4 N–H and O–H groups in total. The number of phenols is 2. The largest absolute Gasteiger partial charge is 0.504 e. The molecule has 2 aliphatic heterocycles. The van der Waals surface area contributed by atoms with Crippen LogP contribution in [0.25, 0.3) is 0 Å². The van der Waals surface area contributed by atoms with Crippen LogP contribution in [0.1, 0.15) is 23.7 Å². The first-order valence-electron chi connectivity index (χ1n) is 8.63. The lowest BCUT2D eigenvalue weighted by atomic mass is 9.97. The summed E-state index contributed by atoms with van der Waals surface area (Å²) >= 11 is 0. The highest BCUT2D eigenvalue weighted by Gasteiger charge is 2.70. The summed E-state index contributed by atoms with van der Waals surface area (Å²) in [4.78, 5) is 48.0. The predicted molar refractivity (Wildman–Crippen MR) is 97.5 cm³/mol. The number of hydrogen-bond acceptors (Lipinski definition) is 9. The number of nitrogens with one attached hydrogen (secondary N) is 1. The van der Waals surface area contributed by atoms with Gasteiger partial charge in [0.15, 0.2) is 33.2 Å². The fourth-order valence-corrected chi connectivity index (χ4v) is 5.75. The highest BCUT2D eigenvalue weighted by Crippen LogP contribution is 2.46. The van der Waals surface area contributed by atoms with Gasteiger partial charge in [-0.1, -0.05) is 0 Å². The molecule has 2 amide bonds. The first-order valence-corrected chi connectivity index (χ1v) is 10.2. The summed E-state index contributed by atoms with van der Waals surface area (Å²) in [5.41, 5.74) is -0.00948. The molecule has 0 aliphatic carbocycles. The Hall–Kier alpha value is -3.35. The van der Waals surface area contributed by atoms with Gasteiger partial charge in [0, 0.05) is 5.56 Å². The fourth-order valence-electron chi connectivity index (χ4n) is 3.48. The van der Waals surface area contributed by atoms with Crippen LogP contribution < -0.4 is 5.32 Å². The van der Waals surface area contributed by atoms with Crippen LogP contribution in [0.15, 0.2) is 18.2 Å². The molecular weight excluding hydrogens is 424 g/mol. The average molecular weight is 442 g/mol. The van der Waals surface area contributed by atoms with Gasteiger partial charge in [-0.2, -0.15) is 0 Å². The number of phenolic OH excluding ortho intramolecular Hbond substituents is 2. The van der Waals surface area contributed by atoms with Crippen LogP contribution in [0.3, 0.4) is 0 Å². The minimum absolute atomic E-state index is 0.00948. The Balaban J connectivity index is 1.64. The molecule has 2 fully saturated rings. The van der Waals surface area contributed by atoms with E-state index in [9.17, 15) is 42.9 Å². The van der Waals surface area contributed by atoms with Crippen molar-refractivity contribution in [2.24, 2.45) is 0 Å². The average Bonchev–Trinajstić information content (AvgIpc) is 2.81. The van der Waals surface area contributed by atoms with Crippen molar-refractivity contribution in [2.45, 2.75) is 29.5 Å².